The lowest BCUT2D eigenvalue weighted by molar-refractivity contribution is 0.415. The fourth-order valence-electron chi connectivity index (χ4n) is 2.01. The van der Waals surface area contributed by atoms with Gasteiger partial charge in [-0.1, -0.05) is 41.7 Å². The minimum Gasteiger partial charge on any atom is -0.497 e. The molecule has 0 fully saturated rings. The predicted octanol–water partition coefficient (Wildman–Crippen LogP) is 3.26. The Morgan fingerprint density at radius 1 is 1.00 bits per heavy atom. The molecule has 0 bridgehead atoms. The fraction of sp³-hybridized carbons (Fsp3) is 0.125. The van der Waals surface area contributed by atoms with Crippen molar-refractivity contribution in [3.05, 3.63) is 65.2 Å². The summed E-state index contributed by atoms with van der Waals surface area (Å²) in [5.74, 6) is 0.824. The van der Waals surface area contributed by atoms with E-state index >= 15 is 0 Å². The summed E-state index contributed by atoms with van der Waals surface area (Å²) in [5, 5.41) is 10.1. The number of nitrogens with two attached hydrogens (primary N) is 1. The first-order valence-electron chi connectivity index (χ1n) is 6.56. The molecule has 0 saturated carbocycles. The number of aromatic nitrogens is 2. The van der Waals surface area contributed by atoms with E-state index in [1.807, 2.05) is 54.6 Å². The average Bonchev–Trinajstić information content (AvgIpc) is 3.05. The van der Waals surface area contributed by atoms with E-state index in [1.165, 1.54) is 11.3 Å². The van der Waals surface area contributed by atoms with Crippen molar-refractivity contribution in [1.82, 2.24) is 10.2 Å². The molecule has 2 aromatic carbocycles. The van der Waals surface area contributed by atoms with Crippen LogP contribution < -0.4 is 10.5 Å². The number of rotatable bonds is 4. The molecule has 3 aromatic rings. The van der Waals surface area contributed by atoms with Crippen molar-refractivity contribution >= 4 is 11.3 Å². The maximum Gasteiger partial charge on any atom is 0.147 e. The molecule has 0 aliphatic heterocycles. The summed E-state index contributed by atoms with van der Waals surface area (Å²) in [6.45, 7) is 0. The van der Waals surface area contributed by atoms with Crippen LogP contribution in [0.1, 0.15) is 16.6 Å². The van der Waals surface area contributed by atoms with Crippen LogP contribution in [-0.2, 0) is 0 Å². The van der Waals surface area contributed by atoms with E-state index in [0.717, 1.165) is 26.9 Å². The molecule has 0 aliphatic carbocycles. The Bertz CT molecular complexity index is 710. The molecule has 21 heavy (non-hydrogen) atoms. The molecule has 1 aromatic heterocycles. The van der Waals surface area contributed by atoms with Crippen LogP contribution in [-0.4, -0.2) is 17.3 Å². The van der Waals surface area contributed by atoms with Gasteiger partial charge in [-0.3, -0.25) is 0 Å². The van der Waals surface area contributed by atoms with E-state index in [0.29, 0.717) is 0 Å². The van der Waals surface area contributed by atoms with Gasteiger partial charge < -0.3 is 10.5 Å². The SMILES string of the molecule is COc1ccc(-c2nnc(C(N)c3ccccc3)s2)cc1. The molecule has 4 nitrogen and oxygen atoms in total. The summed E-state index contributed by atoms with van der Waals surface area (Å²) in [6.07, 6.45) is 0. The Morgan fingerprint density at radius 3 is 2.38 bits per heavy atom. The molecule has 0 amide bonds. The third kappa shape index (κ3) is 2.94. The second-order valence-electron chi connectivity index (χ2n) is 4.56. The Morgan fingerprint density at radius 2 is 1.71 bits per heavy atom. The van der Waals surface area contributed by atoms with Crippen molar-refractivity contribution in [3.8, 4) is 16.3 Å². The summed E-state index contributed by atoms with van der Waals surface area (Å²) in [5.41, 5.74) is 8.29. The number of hydrogen-bond acceptors (Lipinski definition) is 5. The first-order chi connectivity index (χ1) is 10.3. The summed E-state index contributed by atoms with van der Waals surface area (Å²) in [7, 11) is 1.65. The normalized spacial score (nSPS) is 12.1. The summed E-state index contributed by atoms with van der Waals surface area (Å²) < 4.78 is 5.15. The van der Waals surface area contributed by atoms with Crippen molar-refractivity contribution in [1.29, 1.82) is 0 Å². The maximum atomic E-state index is 6.24. The van der Waals surface area contributed by atoms with Crippen LogP contribution in [0.2, 0.25) is 0 Å². The van der Waals surface area contributed by atoms with Crippen LogP contribution in [0, 0.1) is 0 Å². The monoisotopic (exact) mass is 297 g/mol. The molecule has 3 rings (SSSR count). The highest BCUT2D eigenvalue weighted by Crippen LogP contribution is 2.29. The first-order valence-corrected chi connectivity index (χ1v) is 7.38. The summed E-state index contributed by atoms with van der Waals surface area (Å²) >= 11 is 1.51. The van der Waals surface area contributed by atoms with Gasteiger partial charge in [0.1, 0.15) is 15.8 Å². The minimum absolute atomic E-state index is 0.240. The van der Waals surface area contributed by atoms with Crippen LogP contribution in [0.5, 0.6) is 5.75 Å². The molecule has 0 saturated heterocycles. The number of ether oxygens (including phenoxy) is 1. The van der Waals surface area contributed by atoms with Gasteiger partial charge in [-0.15, -0.1) is 10.2 Å². The Labute approximate surface area is 127 Å². The quantitative estimate of drug-likeness (QED) is 0.803. The topological polar surface area (TPSA) is 61.0 Å². The van der Waals surface area contributed by atoms with Crippen molar-refractivity contribution < 1.29 is 4.74 Å². The summed E-state index contributed by atoms with van der Waals surface area (Å²) in [4.78, 5) is 0. The number of nitrogens with zero attached hydrogens (tertiary/aromatic N) is 2. The van der Waals surface area contributed by atoms with Gasteiger partial charge in [0.25, 0.3) is 0 Å². The Hall–Kier alpha value is -2.24. The van der Waals surface area contributed by atoms with Gasteiger partial charge in [0.2, 0.25) is 0 Å². The van der Waals surface area contributed by atoms with E-state index in [2.05, 4.69) is 10.2 Å². The standard InChI is InChI=1S/C16H15N3OS/c1-20-13-9-7-12(8-10-13)15-18-19-16(21-15)14(17)11-5-3-2-4-6-11/h2-10,14H,17H2,1H3. The lowest BCUT2D eigenvalue weighted by atomic mass is 10.1. The molecule has 2 N–H and O–H groups in total. The third-order valence-electron chi connectivity index (χ3n) is 3.20. The minimum atomic E-state index is -0.240. The highest BCUT2D eigenvalue weighted by Gasteiger charge is 2.15. The second-order valence-corrected chi connectivity index (χ2v) is 5.57. The van der Waals surface area contributed by atoms with Crippen molar-refractivity contribution in [3.63, 3.8) is 0 Å². The third-order valence-corrected chi connectivity index (χ3v) is 4.26. The average molecular weight is 297 g/mol. The zero-order valence-corrected chi connectivity index (χ0v) is 12.4. The molecule has 1 atom stereocenters. The fourth-order valence-corrected chi connectivity index (χ4v) is 2.89. The van der Waals surface area contributed by atoms with Gasteiger partial charge in [0.05, 0.1) is 13.2 Å². The molecule has 1 unspecified atom stereocenters. The summed E-state index contributed by atoms with van der Waals surface area (Å²) in [6, 6.07) is 17.4. The number of hydrogen-bond donors (Lipinski definition) is 1. The van der Waals surface area contributed by atoms with Crippen LogP contribution in [0.25, 0.3) is 10.6 Å². The highest BCUT2D eigenvalue weighted by molar-refractivity contribution is 7.14. The first kappa shape index (κ1) is 13.7. The maximum absolute atomic E-state index is 6.24. The van der Waals surface area contributed by atoms with E-state index in [4.69, 9.17) is 10.5 Å². The van der Waals surface area contributed by atoms with Gasteiger partial charge in [-0.05, 0) is 29.8 Å². The Kier molecular flexibility index (Phi) is 3.94. The molecule has 0 spiro atoms. The zero-order chi connectivity index (χ0) is 14.7. The predicted molar refractivity (Wildman–Crippen MR) is 84.4 cm³/mol. The molecule has 5 heteroatoms. The second kappa shape index (κ2) is 6.03. The molecule has 0 aliphatic rings. The van der Waals surface area contributed by atoms with E-state index < -0.39 is 0 Å². The molecule has 106 valence electrons. The van der Waals surface area contributed by atoms with E-state index in [9.17, 15) is 0 Å². The van der Waals surface area contributed by atoms with Gasteiger partial charge in [0, 0.05) is 5.56 Å². The van der Waals surface area contributed by atoms with E-state index in [1.54, 1.807) is 7.11 Å². The molecular formula is C16H15N3OS. The molecule has 1 heterocycles. The smallest absolute Gasteiger partial charge is 0.147 e. The zero-order valence-electron chi connectivity index (χ0n) is 11.6. The van der Waals surface area contributed by atoms with Gasteiger partial charge in [-0.25, -0.2) is 0 Å². The number of methoxy groups -OCH3 is 1. The van der Waals surface area contributed by atoms with Crippen molar-refractivity contribution in [2.45, 2.75) is 6.04 Å². The van der Waals surface area contributed by atoms with Crippen LogP contribution in [0.15, 0.2) is 54.6 Å². The van der Waals surface area contributed by atoms with Crippen LogP contribution in [0.4, 0.5) is 0 Å². The van der Waals surface area contributed by atoms with Gasteiger partial charge >= 0.3 is 0 Å². The van der Waals surface area contributed by atoms with E-state index in [-0.39, 0.29) is 6.04 Å². The van der Waals surface area contributed by atoms with Crippen molar-refractivity contribution in [2.75, 3.05) is 7.11 Å². The highest BCUT2D eigenvalue weighted by atomic mass is 32.1. The molecular weight excluding hydrogens is 282 g/mol. The van der Waals surface area contributed by atoms with Crippen LogP contribution in [0.3, 0.4) is 0 Å². The van der Waals surface area contributed by atoms with Crippen LogP contribution >= 0.6 is 11.3 Å². The van der Waals surface area contributed by atoms with Gasteiger partial charge in [0.15, 0.2) is 0 Å². The lowest BCUT2D eigenvalue weighted by Crippen LogP contribution is -2.11. The van der Waals surface area contributed by atoms with Gasteiger partial charge in [-0.2, -0.15) is 0 Å². The van der Waals surface area contributed by atoms with Crippen molar-refractivity contribution in [2.24, 2.45) is 5.73 Å². The molecule has 0 radical (unpaired) electrons. The Balaban J connectivity index is 1.85. The lowest BCUT2D eigenvalue weighted by Gasteiger charge is -2.06. The largest absolute Gasteiger partial charge is 0.497 e. The number of benzene rings is 2.